The van der Waals surface area contributed by atoms with Crippen LogP contribution < -0.4 is 5.56 Å². The van der Waals surface area contributed by atoms with Gasteiger partial charge in [0.1, 0.15) is 0 Å². The van der Waals surface area contributed by atoms with Gasteiger partial charge in [0.2, 0.25) is 0 Å². The van der Waals surface area contributed by atoms with Crippen LogP contribution in [0.2, 0.25) is 0 Å². The fraction of sp³-hybridized carbons (Fsp3) is 0.0588. The molecule has 0 spiro atoms. The zero-order valence-electron chi connectivity index (χ0n) is 11.7. The van der Waals surface area contributed by atoms with Gasteiger partial charge in [0.15, 0.2) is 11.6 Å². The van der Waals surface area contributed by atoms with E-state index in [4.69, 9.17) is 0 Å². The predicted octanol–water partition coefficient (Wildman–Crippen LogP) is 2.27. The van der Waals surface area contributed by atoms with Crippen molar-refractivity contribution >= 4 is 22.6 Å². The second-order valence-corrected chi connectivity index (χ2v) is 5.21. The van der Waals surface area contributed by atoms with Crippen molar-refractivity contribution < 1.29 is 9.59 Å². The molecule has 0 N–H and O–H groups in total. The van der Waals surface area contributed by atoms with Crippen LogP contribution in [0.5, 0.6) is 0 Å². The second-order valence-electron chi connectivity index (χ2n) is 5.21. The first-order valence-electron chi connectivity index (χ1n) is 6.80. The molecule has 0 atom stereocenters. The standard InChI is InChI=1S/C17H10N2O3/c1-9(20)10-6-7-14-13(8-10)17(22)19-15(18-14)11-4-2-3-5-12(11)16(19)21/h2-8H,1H3. The number of Topliss-reactive ketones (excluding diaryl/α,β-unsaturated/α-hetero) is 1. The zero-order valence-corrected chi connectivity index (χ0v) is 11.7. The van der Waals surface area contributed by atoms with Crippen molar-refractivity contribution in [3.8, 4) is 11.4 Å². The summed E-state index contributed by atoms with van der Waals surface area (Å²) >= 11 is 0. The zero-order chi connectivity index (χ0) is 15.4. The Kier molecular flexibility index (Phi) is 2.42. The Morgan fingerprint density at radius 1 is 1.05 bits per heavy atom. The van der Waals surface area contributed by atoms with Crippen molar-refractivity contribution in [2.24, 2.45) is 0 Å². The minimum atomic E-state index is -0.440. The van der Waals surface area contributed by atoms with E-state index in [1.54, 1.807) is 36.4 Å². The van der Waals surface area contributed by atoms with Crippen molar-refractivity contribution in [3.63, 3.8) is 0 Å². The maximum absolute atomic E-state index is 12.7. The number of carbonyl (C=O) groups excluding carboxylic acids is 2. The largest absolute Gasteiger partial charge is 0.295 e. The van der Waals surface area contributed by atoms with Gasteiger partial charge >= 0.3 is 0 Å². The average molecular weight is 290 g/mol. The molecule has 4 rings (SSSR count). The molecular formula is C17H10N2O3. The number of hydrogen-bond donors (Lipinski definition) is 0. The van der Waals surface area contributed by atoms with E-state index in [2.05, 4.69) is 4.98 Å². The maximum atomic E-state index is 12.7. The highest BCUT2D eigenvalue weighted by Crippen LogP contribution is 2.29. The topological polar surface area (TPSA) is 69.0 Å². The molecular weight excluding hydrogens is 280 g/mol. The monoisotopic (exact) mass is 290 g/mol. The summed E-state index contributed by atoms with van der Waals surface area (Å²) in [6.07, 6.45) is 0. The van der Waals surface area contributed by atoms with Gasteiger partial charge in [-0.3, -0.25) is 14.4 Å². The van der Waals surface area contributed by atoms with Crippen LogP contribution in [0.3, 0.4) is 0 Å². The van der Waals surface area contributed by atoms with E-state index in [9.17, 15) is 14.4 Å². The third-order valence-corrected chi connectivity index (χ3v) is 3.88. The van der Waals surface area contributed by atoms with Crippen LogP contribution in [-0.4, -0.2) is 21.2 Å². The van der Waals surface area contributed by atoms with Gasteiger partial charge in [-0.2, -0.15) is 0 Å². The smallest absolute Gasteiger partial charge is 0.268 e. The molecule has 0 saturated carbocycles. The number of carbonyl (C=O) groups is 2. The van der Waals surface area contributed by atoms with Crippen LogP contribution in [0, 0.1) is 0 Å². The molecule has 106 valence electrons. The Morgan fingerprint density at radius 2 is 1.77 bits per heavy atom. The number of benzene rings is 2. The summed E-state index contributed by atoms with van der Waals surface area (Å²) in [5.41, 5.74) is 1.58. The van der Waals surface area contributed by atoms with Crippen LogP contribution in [0.15, 0.2) is 47.3 Å². The van der Waals surface area contributed by atoms with Crippen molar-refractivity contribution in [3.05, 3.63) is 63.9 Å². The summed E-state index contributed by atoms with van der Waals surface area (Å²) in [5, 5.41) is 0.276. The molecule has 0 aliphatic carbocycles. The first-order chi connectivity index (χ1) is 10.6. The number of nitrogens with zero attached hydrogens (tertiary/aromatic N) is 2. The fourth-order valence-corrected chi connectivity index (χ4v) is 2.76. The molecule has 1 aliphatic heterocycles. The molecule has 22 heavy (non-hydrogen) atoms. The molecule has 1 aromatic heterocycles. The molecule has 2 aromatic carbocycles. The summed E-state index contributed by atoms with van der Waals surface area (Å²) in [6, 6.07) is 11.8. The van der Waals surface area contributed by atoms with Gasteiger partial charge in [-0.15, -0.1) is 0 Å². The molecule has 0 fully saturated rings. The fourth-order valence-electron chi connectivity index (χ4n) is 2.76. The Bertz CT molecular complexity index is 1050. The lowest BCUT2D eigenvalue weighted by atomic mass is 10.1. The first kappa shape index (κ1) is 12.6. The Hall–Kier alpha value is -3.08. The number of rotatable bonds is 1. The molecule has 5 heteroatoms. The molecule has 0 unspecified atom stereocenters. The number of aromatic nitrogens is 2. The van der Waals surface area contributed by atoms with Crippen LogP contribution in [-0.2, 0) is 0 Å². The highest BCUT2D eigenvalue weighted by Gasteiger charge is 2.29. The summed E-state index contributed by atoms with van der Waals surface area (Å²) in [6.45, 7) is 1.43. The van der Waals surface area contributed by atoms with Crippen molar-refractivity contribution in [2.45, 2.75) is 6.92 Å². The van der Waals surface area contributed by atoms with E-state index in [1.807, 2.05) is 0 Å². The van der Waals surface area contributed by atoms with Crippen molar-refractivity contribution in [1.29, 1.82) is 0 Å². The van der Waals surface area contributed by atoms with Gasteiger partial charge in [-0.25, -0.2) is 9.55 Å². The highest BCUT2D eigenvalue weighted by atomic mass is 16.2. The minimum absolute atomic E-state index is 0.138. The van der Waals surface area contributed by atoms with E-state index in [0.717, 1.165) is 4.57 Å². The van der Waals surface area contributed by atoms with Crippen molar-refractivity contribution in [1.82, 2.24) is 9.55 Å². The molecule has 2 heterocycles. The number of fused-ring (bicyclic) bond motifs is 4. The normalized spacial score (nSPS) is 12.3. The van der Waals surface area contributed by atoms with Gasteiger partial charge in [0, 0.05) is 11.1 Å². The molecule has 0 radical (unpaired) electrons. The SMILES string of the molecule is CC(=O)c1ccc2nc3n(c(=O)c2c1)C(=O)c1ccccc1-3. The molecule has 0 bridgehead atoms. The van der Waals surface area contributed by atoms with E-state index in [0.29, 0.717) is 28.0 Å². The second kappa shape index (κ2) is 4.21. The van der Waals surface area contributed by atoms with Crippen LogP contribution in [0.1, 0.15) is 27.6 Å². The van der Waals surface area contributed by atoms with Gasteiger partial charge in [-0.05, 0) is 31.2 Å². The van der Waals surface area contributed by atoms with Crippen LogP contribution in [0.25, 0.3) is 22.3 Å². The third kappa shape index (κ3) is 1.53. The van der Waals surface area contributed by atoms with E-state index in [-0.39, 0.29) is 17.1 Å². The predicted molar refractivity (Wildman–Crippen MR) is 81.2 cm³/mol. The van der Waals surface area contributed by atoms with E-state index < -0.39 is 5.56 Å². The Labute approximate surface area is 124 Å². The third-order valence-electron chi connectivity index (χ3n) is 3.88. The molecule has 0 saturated heterocycles. The van der Waals surface area contributed by atoms with Gasteiger partial charge in [-0.1, -0.05) is 18.2 Å². The summed E-state index contributed by atoms with van der Waals surface area (Å²) in [5.74, 6) is -0.159. The summed E-state index contributed by atoms with van der Waals surface area (Å²) in [7, 11) is 0. The van der Waals surface area contributed by atoms with Crippen LogP contribution >= 0.6 is 0 Å². The molecule has 3 aromatic rings. The van der Waals surface area contributed by atoms with E-state index in [1.165, 1.54) is 13.0 Å². The first-order valence-corrected chi connectivity index (χ1v) is 6.80. The van der Waals surface area contributed by atoms with Crippen molar-refractivity contribution in [2.75, 3.05) is 0 Å². The number of hydrogen-bond acceptors (Lipinski definition) is 4. The maximum Gasteiger partial charge on any atom is 0.268 e. The lowest BCUT2D eigenvalue weighted by molar-refractivity contribution is 0.0964. The quantitative estimate of drug-likeness (QED) is 0.504. The summed E-state index contributed by atoms with van der Waals surface area (Å²) in [4.78, 5) is 41.0. The van der Waals surface area contributed by atoms with Gasteiger partial charge < -0.3 is 0 Å². The average Bonchev–Trinajstić information content (AvgIpc) is 2.81. The van der Waals surface area contributed by atoms with E-state index >= 15 is 0 Å². The molecule has 1 aliphatic rings. The van der Waals surface area contributed by atoms with Crippen LogP contribution in [0.4, 0.5) is 0 Å². The minimum Gasteiger partial charge on any atom is -0.295 e. The summed E-state index contributed by atoms with van der Waals surface area (Å²) < 4.78 is 1.08. The lowest BCUT2D eigenvalue weighted by Gasteiger charge is -2.05. The highest BCUT2D eigenvalue weighted by molar-refractivity contribution is 6.09. The van der Waals surface area contributed by atoms with Gasteiger partial charge in [0.05, 0.1) is 16.5 Å². The lowest BCUT2D eigenvalue weighted by Crippen LogP contribution is -2.25. The Morgan fingerprint density at radius 3 is 2.50 bits per heavy atom. The number of ketones is 1. The van der Waals surface area contributed by atoms with Gasteiger partial charge in [0.25, 0.3) is 11.5 Å². The Balaban J connectivity index is 2.12. The molecule has 0 amide bonds. The molecule has 5 nitrogen and oxygen atoms in total.